The molecule has 1 aliphatic heterocycles. The Hall–Kier alpha value is -1.77. The molecule has 0 unspecified atom stereocenters. The average Bonchev–Trinajstić information content (AvgIpc) is 3.01. The second-order valence-corrected chi connectivity index (χ2v) is 9.32. The zero-order chi connectivity index (χ0) is 20.1. The Bertz CT molecular complexity index is 890. The topological polar surface area (TPSA) is 64.4 Å². The number of benzene rings is 1. The molecule has 1 fully saturated rings. The Morgan fingerprint density at radius 2 is 1.96 bits per heavy atom. The van der Waals surface area contributed by atoms with Crippen molar-refractivity contribution in [3.8, 4) is 0 Å². The lowest BCUT2D eigenvalue weighted by molar-refractivity contribution is 0.184. The molecule has 2 heterocycles. The maximum atomic E-state index is 13.8. The van der Waals surface area contributed by atoms with Crippen LogP contribution in [0, 0.1) is 18.7 Å². The van der Waals surface area contributed by atoms with Gasteiger partial charge in [0.05, 0.1) is 12.4 Å². The van der Waals surface area contributed by atoms with E-state index in [-0.39, 0.29) is 11.3 Å². The molecule has 0 radical (unpaired) electrons. The van der Waals surface area contributed by atoms with Gasteiger partial charge in [0, 0.05) is 50.6 Å². The number of imidazole rings is 1. The molecule has 1 aromatic heterocycles. The van der Waals surface area contributed by atoms with Crippen molar-refractivity contribution < 1.29 is 17.5 Å². The minimum absolute atomic E-state index is 0.222. The van der Waals surface area contributed by atoms with Gasteiger partial charge >= 0.3 is 0 Å². The van der Waals surface area contributed by atoms with Gasteiger partial charge in [-0.1, -0.05) is 18.2 Å². The first-order valence-electron chi connectivity index (χ1n) is 9.62. The summed E-state index contributed by atoms with van der Waals surface area (Å²) in [5.41, 5.74) is 1.33. The Labute approximate surface area is 166 Å². The van der Waals surface area contributed by atoms with E-state index in [0.29, 0.717) is 25.6 Å². The number of nitrogens with zero attached hydrogens (tertiary/aromatic N) is 3. The van der Waals surface area contributed by atoms with Crippen molar-refractivity contribution in [3.05, 3.63) is 53.4 Å². The normalized spacial score (nSPS) is 16.5. The molecular weight excluding hydrogens is 381 g/mol. The molecule has 0 aliphatic carbocycles. The Kier molecular flexibility index (Phi) is 6.85. The molecule has 0 saturated carbocycles. The highest BCUT2D eigenvalue weighted by Gasteiger charge is 2.29. The highest BCUT2D eigenvalue weighted by atomic mass is 32.2. The lowest BCUT2D eigenvalue weighted by Crippen LogP contribution is -2.39. The molecule has 1 aromatic carbocycles. The molecule has 8 heteroatoms. The van der Waals surface area contributed by atoms with Crippen molar-refractivity contribution >= 4 is 10.0 Å². The van der Waals surface area contributed by atoms with Crippen LogP contribution in [0.5, 0.6) is 0 Å². The molecule has 0 spiro atoms. The van der Waals surface area contributed by atoms with Crippen molar-refractivity contribution in [3.63, 3.8) is 0 Å². The molecule has 0 amide bonds. The van der Waals surface area contributed by atoms with Crippen molar-refractivity contribution in [2.75, 3.05) is 26.8 Å². The molecule has 28 heavy (non-hydrogen) atoms. The maximum absolute atomic E-state index is 13.8. The van der Waals surface area contributed by atoms with Crippen molar-refractivity contribution in [1.82, 2.24) is 13.9 Å². The second-order valence-electron chi connectivity index (χ2n) is 7.35. The Balaban J connectivity index is 1.58. The first-order chi connectivity index (χ1) is 13.4. The fourth-order valence-corrected chi connectivity index (χ4v) is 5.29. The van der Waals surface area contributed by atoms with E-state index in [1.54, 1.807) is 19.2 Å². The molecule has 2 aromatic rings. The van der Waals surface area contributed by atoms with Crippen LogP contribution in [-0.4, -0.2) is 49.1 Å². The molecule has 0 atom stereocenters. The van der Waals surface area contributed by atoms with Crippen LogP contribution >= 0.6 is 0 Å². The number of hydrogen-bond donors (Lipinski definition) is 0. The van der Waals surface area contributed by atoms with Crippen LogP contribution < -0.4 is 0 Å². The summed E-state index contributed by atoms with van der Waals surface area (Å²) in [5, 5.41) is 0. The van der Waals surface area contributed by atoms with Gasteiger partial charge in [-0.2, -0.15) is 0 Å². The number of rotatable bonds is 8. The number of methoxy groups -OCH3 is 1. The largest absolute Gasteiger partial charge is 0.383 e. The predicted octanol–water partition coefficient (Wildman–Crippen LogP) is 2.76. The summed E-state index contributed by atoms with van der Waals surface area (Å²) in [4.78, 5) is 4.53. The van der Waals surface area contributed by atoms with Crippen molar-refractivity contribution in [2.45, 2.75) is 38.5 Å². The van der Waals surface area contributed by atoms with Crippen molar-refractivity contribution in [2.24, 2.45) is 5.92 Å². The Morgan fingerprint density at radius 3 is 2.64 bits per heavy atom. The smallest absolute Gasteiger partial charge is 0.218 e. The summed E-state index contributed by atoms with van der Waals surface area (Å²) in [6.45, 7) is 4.38. The van der Waals surface area contributed by atoms with Crippen LogP contribution in [0.4, 0.5) is 4.39 Å². The number of halogens is 1. The first-order valence-corrected chi connectivity index (χ1v) is 11.2. The highest BCUT2D eigenvalue weighted by Crippen LogP contribution is 2.25. The highest BCUT2D eigenvalue weighted by molar-refractivity contribution is 7.88. The second kappa shape index (κ2) is 9.15. The molecule has 1 aliphatic rings. The van der Waals surface area contributed by atoms with Crippen LogP contribution in [-0.2, 0) is 33.5 Å². The Morgan fingerprint density at radius 1 is 1.25 bits per heavy atom. The molecule has 154 valence electrons. The minimum atomic E-state index is -3.52. The average molecular weight is 410 g/mol. The van der Waals surface area contributed by atoms with Gasteiger partial charge in [0.25, 0.3) is 0 Å². The molecule has 3 rings (SSSR count). The molecule has 1 saturated heterocycles. The first kappa shape index (κ1) is 21.0. The van der Waals surface area contributed by atoms with E-state index >= 15 is 0 Å². The van der Waals surface area contributed by atoms with Gasteiger partial charge in [-0.25, -0.2) is 22.1 Å². The summed E-state index contributed by atoms with van der Waals surface area (Å²) >= 11 is 0. The van der Waals surface area contributed by atoms with Gasteiger partial charge in [-0.3, -0.25) is 0 Å². The predicted molar refractivity (Wildman–Crippen MR) is 106 cm³/mol. The van der Waals surface area contributed by atoms with Gasteiger partial charge < -0.3 is 9.30 Å². The maximum Gasteiger partial charge on any atom is 0.218 e. The zero-order valence-corrected chi connectivity index (χ0v) is 17.3. The van der Waals surface area contributed by atoms with E-state index in [9.17, 15) is 12.8 Å². The van der Waals surface area contributed by atoms with E-state index in [1.165, 1.54) is 16.4 Å². The molecular formula is C20H28FN3O3S. The summed E-state index contributed by atoms with van der Waals surface area (Å²) in [6, 6.07) is 6.05. The number of sulfonamides is 1. The van der Waals surface area contributed by atoms with Crippen LogP contribution in [0.3, 0.4) is 0 Å². The summed E-state index contributed by atoms with van der Waals surface area (Å²) < 4.78 is 48.0. The lowest BCUT2D eigenvalue weighted by Gasteiger charge is -2.31. The third-order valence-corrected chi connectivity index (χ3v) is 7.22. The SMILES string of the molecule is COCCn1c(C)cnc1CC1CCN(S(=O)(=O)Cc2ccccc2F)CC1. The van der Waals surface area contributed by atoms with Crippen LogP contribution in [0.25, 0.3) is 0 Å². The van der Waals surface area contributed by atoms with Crippen LogP contribution in [0.15, 0.2) is 30.5 Å². The third-order valence-electron chi connectivity index (χ3n) is 5.39. The van der Waals surface area contributed by atoms with Gasteiger partial charge in [-0.05, 0) is 31.7 Å². The number of piperidine rings is 1. The van der Waals surface area contributed by atoms with Gasteiger partial charge in [-0.15, -0.1) is 0 Å². The summed E-state index contributed by atoms with van der Waals surface area (Å²) in [7, 11) is -1.83. The van der Waals surface area contributed by atoms with E-state index in [0.717, 1.165) is 37.3 Å². The minimum Gasteiger partial charge on any atom is -0.383 e. The lowest BCUT2D eigenvalue weighted by atomic mass is 9.94. The fraction of sp³-hybridized carbons (Fsp3) is 0.550. The van der Waals surface area contributed by atoms with Gasteiger partial charge in [0.1, 0.15) is 11.6 Å². The van der Waals surface area contributed by atoms with Gasteiger partial charge in [0.2, 0.25) is 10.0 Å². The van der Waals surface area contributed by atoms with E-state index in [2.05, 4.69) is 9.55 Å². The van der Waals surface area contributed by atoms with E-state index in [1.807, 2.05) is 13.1 Å². The fourth-order valence-electron chi connectivity index (χ4n) is 3.71. The zero-order valence-electron chi connectivity index (χ0n) is 16.5. The number of aromatic nitrogens is 2. The molecule has 6 nitrogen and oxygen atoms in total. The molecule has 0 N–H and O–H groups in total. The quantitative estimate of drug-likeness (QED) is 0.673. The van der Waals surface area contributed by atoms with E-state index < -0.39 is 15.8 Å². The monoisotopic (exact) mass is 409 g/mol. The van der Waals surface area contributed by atoms with Crippen LogP contribution in [0.2, 0.25) is 0 Å². The standard InChI is InChI=1S/C20H28FN3O3S/c1-16-14-22-20(24(16)11-12-27-2)13-17-7-9-23(10-8-17)28(25,26)15-18-5-3-4-6-19(18)21/h3-6,14,17H,7-13,15H2,1-2H3. The number of ether oxygens (including phenoxy) is 1. The number of aryl methyl sites for hydroxylation is 1. The van der Waals surface area contributed by atoms with Gasteiger partial charge in [0.15, 0.2) is 0 Å². The van der Waals surface area contributed by atoms with Crippen LogP contribution in [0.1, 0.15) is 29.9 Å². The molecule has 0 bridgehead atoms. The van der Waals surface area contributed by atoms with Crippen molar-refractivity contribution in [1.29, 1.82) is 0 Å². The summed E-state index contributed by atoms with van der Waals surface area (Å²) in [5.74, 6) is 0.662. The number of hydrogen-bond acceptors (Lipinski definition) is 4. The third kappa shape index (κ3) is 4.98. The summed E-state index contributed by atoms with van der Waals surface area (Å²) in [6.07, 6.45) is 4.27. The van der Waals surface area contributed by atoms with E-state index in [4.69, 9.17) is 4.74 Å².